The van der Waals surface area contributed by atoms with E-state index in [0.717, 1.165) is 17.5 Å². The third-order valence-electron chi connectivity index (χ3n) is 8.05. The monoisotopic (exact) mass is 455 g/mol. The maximum atomic E-state index is 13.2. The van der Waals surface area contributed by atoms with Crippen molar-refractivity contribution >= 4 is 29.3 Å². The normalized spacial score (nSPS) is 30.2. The number of aryl methyl sites for hydroxylation is 2. The molecule has 2 bridgehead atoms. The van der Waals surface area contributed by atoms with Gasteiger partial charge < -0.3 is 4.74 Å². The fourth-order valence-corrected chi connectivity index (χ4v) is 6.29. The molecular weight excluding hydrogens is 430 g/mol. The van der Waals surface area contributed by atoms with Crippen LogP contribution in [-0.4, -0.2) is 30.2 Å². The Morgan fingerprint density at radius 3 is 2.15 bits per heavy atom. The molecule has 0 radical (unpaired) electrons. The molecule has 3 fully saturated rings. The average molecular weight is 456 g/mol. The van der Waals surface area contributed by atoms with Crippen molar-refractivity contribution in [1.29, 1.82) is 0 Å². The van der Waals surface area contributed by atoms with Gasteiger partial charge in [-0.25, -0.2) is 4.79 Å². The van der Waals surface area contributed by atoms with Gasteiger partial charge in [0.05, 0.1) is 23.1 Å². The van der Waals surface area contributed by atoms with Crippen LogP contribution in [0.1, 0.15) is 38.3 Å². The number of imide groups is 1. The highest BCUT2D eigenvalue weighted by atomic mass is 16.5. The first kappa shape index (κ1) is 21.0. The number of benzene rings is 2. The molecule has 5 aliphatic rings. The Balaban J connectivity index is 1.14. The van der Waals surface area contributed by atoms with Gasteiger partial charge in [0.15, 0.2) is 6.61 Å². The SMILES string of the molecule is Cc1ccc(C)c(C(=O)COC(=O)c2ccc(N3C(=O)[C@@H]4[C@H]5C=C[C@@H]([C@@H]6C[C@H]56)[C@H]4C3=O)cc2)c1. The predicted molar refractivity (Wildman–Crippen MR) is 124 cm³/mol. The van der Waals surface area contributed by atoms with E-state index in [4.69, 9.17) is 4.74 Å². The summed E-state index contributed by atoms with van der Waals surface area (Å²) in [5.41, 5.74) is 3.06. The van der Waals surface area contributed by atoms with E-state index >= 15 is 0 Å². The number of amides is 2. The van der Waals surface area contributed by atoms with Gasteiger partial charge >= 0.3 is 5.97 Å². The third kappa shape index (κ3) is 3.08. The maximum Gasteiger partial charge on any atom is 0.338 e. The highest BCUT2D eigenvalue weighted by Gasteiger charge is 2.67. The molecule has 1 heterocycles. The summed E-state index contributed by atoms with van der Waals surface area (Å²) in [6.45, 7) is 3.39. The number of ketones is 1. The van der Waals surface area contributed by atoms with Crippen molar-refractivity contribution in [2.45, 2.75) is 20.3 Å². The molecule has 34 heavy (non-hydrogen) atoms. The summed E-state index contributed by atoms with van der Waals surface area (Å²) in [7, 11) is 0. The summed E-state index contributed by atoms with van der Waals surface area (Å²) >= 11 is 0. The third-order valence-corrected chi connectivity index (χ3v) is 8.05. The molecule has 172 valence electrons. The van der Waals surface area contributed by atoms with E-state index in [1.165, 1.54) is 17.0 Å². The molecule has 6 atom stereocenters. The first-order valence-electron chi connectivity index (χ1n) is 11.8. The van der Waals surface area contributed by atoms with E-state index in [1.54, 1.807) is 18.2 Å². The minimum atomic E-state index is -0.625. The van der Waals surface area contributed by atoms with Crippen LogP contribution in [0.4, 0.5) is 5.69 Å². The molecular formula is C28H25NO5. The van der Waals surface area contributed by atoms with Gasteiger partial charge in [-0.2, -0.15) is 0 Å². The van der Waals surface area contributed by atoms with Crippen molar-refractivity contribution < 1.29 is 23.9 Å². The first-order chi connectivity index (χ1) is 16.3. The Kier molecular flexibility index (Phi) is 4.63. The number of ether oxygens (including phenoxy) is 1. The maximum absolute atomic E-state index is 13.2. The molecule has 0 unspecified atom stereocenters. The molecule has 2 aromatic rings. The lowest BCUT2D eigenvalue weighted by Gasteiger charge is -2.37. The van der Waals surface area contributed by atoms with Crippen LogP contribution in [0, 0.1) is 49.4 Å². The number of hydrogen-bond acceptors (Lipinski definition) is 5. The number of allylic oxidation sites excluding steroid dienone is 2. The van der Waals surface area contributed by atoms with Gasteiger partial charge in [0.2, 0.25) is 17.6 Å². The van der Waals surface area contributed by atoms with Crippen LogP contribution in [0.5, 0.6) is 0 Å². The second kappa shape index (κ2) is 7.49. The molecule has 2 aromatic carbocycles. The Morgan fingerprint density at radius 2 is 1.53 bits per heavy atom. The van der Waals surface area contributed by atoms with Gasteiger partial charge in [-0.1, -0.05) is 29.8 Å². The van der Waals surface area contributed by atoms with E-state index in [1.807, 2.05) is 26.0 Å². The van der Waals surface area contributed by atoms with Crippen LogP contribution in [0.25, 0.3) is 0 Å². The van der Waals surface area contributed by atoms with Gasteiger partial charge in [0.25, 0.3) is 0 Å². The van der Waals surface area contributed by atoms with Gasteiger partial charge in [-0.3, -0.25) is 19.3 Å². The molecule has 7 rings (SSSR count). The lowest BCUT2D eigenvalue weighted by molar-refractivity contribution is -0.124. The summed E-state index contributed by atoms with van der Waals surface area (Å²) in [5, 5.41) is 0. The zero-order chi connectivity index (χ0) is 23.7. The van der Waals surface area contributed by atoms with Crippen LogP contribution >= 0.6 is 0 Å². The molecule has 0 aromatic heterocycles. The van der Waals surface area contributed by atoms with Gasteiger partial charge in [0, 0.05) is 5.56 Å². The summed E-state index contributed by atoms with van der Waals surface area (Å²) < 4.78 is 5.23. The van der Waals surface area contributed by atoms with Gasteiger partial charge in [-0.05, 0) is 79.8 Å². The highest BCUT2D eigenvalue weighted by molar-refractivity contribution is 6.22. The lowest BCUT2D eigenvalue weighted by Crippen LogP contribution is -2.40. The quantitative estimate of drug-likeness (QED) is 0.296. The van der Waals surface area contributed by atoms with Crippen LogP contribution in [0.2, 0.25) is 0 Å². The first-order valence-corrected chi connectivity index (χ1v) is 11.8. The Morgan fingerprint density at radius 1 is 0.912 bits per heavy atom. The summed E-state index contributed by atoms with van der Waals surface area (Å²) in [6, 6.07) is 11.9. The fourth-order valence-electron chi connectivity index (χ4n) is 6.29. The van der Waals surface area contributed by atoms with Crippen molar-refractivity contribution in [3.63, 3.8) is 0 Å². The van der Waals surface area contributed by atoms with Crippen LogP contribution in [0.15, 0.2) is 54.6 Å². The largest absolute Gasteiger partial charge is 0.454 e. The van der Waals surface area contributed by atoms with Gasteiger partial charge in [0.1, 0.15) is 0 Å². The molecule has 1 aliphatic heterocycles. The topological polar surface area (TPSA) is 80.8 Å². The Labute approximate surface area is 197 Å². The predicted octanol–water partition coefficient (Wildman–Crippen LogP) is 3.90. The van der Waals surface area contributed by atoms with Crippen molar-refractivity contribution in [3.8, 4) is 0 Å². The van der Waals surface area contributed by atoms with Crippen molar-refractivity contribution in [2.24, 2.45) is 35.5 Å². The Hall–Kier alpha value is -3.54. The number of esters is 1. The molecule has 2 amide bonds. The molecule has 6 nitrogen and oxygen atoms in total. The molecule has 2 saturated carbocycles. The number of carbonyl (C=O) groups excluding carboxylic acids is 4. The Bertz CT molecular complexity index is 1240. The molecule has 4 aliphatic carbocycles. The zero-order valence-corrected chi connectivity index (χ0v) is 19.1. The summed E-state index contributed by atoms with van der Waals surface area (Å²) in [5.74, 6) is -0.214. The van der Waals surface area contributed by atoms with E-state index < -0.39 is 5.97 Å². The summed E-state index contributed by atoms with van der Waals surface area (Å²) in [4.78, 5) is 52.8. The van der Waals surface area contributed by atoms with E-state index in [0.29, 0.717) is 23.1 Å². The molecule has 0 N–H and O–H groups in total. The fraction of sp³-hybridized carbons (Fsp3) is 0.357. The number of anilines is 1. The van der Waals surface area contributed by atoms with Crippen molar-refractivity contribution in [3.05, 3.63) is 76.9 Å². The number of carbonyl (C=O) groups is 4. The second-order valence-electron chi connectivity index (χ2n) is 10.0. The van der Waals surface area contributed by atoms with E-state index in [-0.39, 0.29) is 53.4 Å². The van der Waals surface area contributed by atoms with Crippen LogP contribution in [0.3, 0.4) is 0 Å². The van der Waals surface area contributed by atoms with Crippen LogP contribution in [-0.2, 0) is 14.3 Å². The highest BCUT2D eigenvalue weighted by Crippen LogP contribution is 2.65. The zero-order valence-electron chi connectivity index (χ0n) is 19.1. The summed E-state index contributed by atoms with van der Waals surface area (Å²) in [6.07, 6.45) is 5.42. The minimum absolute atomic E-state index is 0.130. The average Bonchev–Trinajstić information content (AvgIpc) is 3.62. The minimum Gasteiger partial charge on any atom is -0.454 e. The second-order valence-corrected chi connectivity index (χ2v) is 10.0. The van der Waals surface area contributed by atoms with Gasteiger partial charge in [-0.15, -0.1) is 0 Å². The van der Waals surface area contributed by atoms with E-state index in [2.05, 4.69) is 12.2 Å². The molecule has 6 heteroatoms. The number of hydrogen-bond donors (Lipinski definition) is 0. The number of nitrogens with zero attached hydrogens (tertiary/aromatic N) is 1. The number of Topliss-reactive ketones (excluding diaryl/α,β-unsaturated/α-hetero) is 1. The van der Waals surface area contributed by atoms with Crippen molar-refractivity contribution in [1.82, 2.24) is 0 Å². The molecule has 1 saturated heterocycles. The van der Waals surface area contributed by atoms with Crippen LogP contribution < -0.4 is 4.90 Å². The van der Waals surface area contributed by atoms with Crippen molar-refractivity contribution in [2.75, 3.05) is 11.5 Å². The molecule has 0 spiro atoms. The van der Waals surface area contributed by atoms with E-state index in [9.17, 15) is 19.2 Å². The number of rotatable bonds is 5. The smallest absolute Gasteiger partial charge is 0.338 e. The standard InChI is InChI=1S/C28H25NO5/c1-14-3-4-15(2)20(11-14)23(30)13-34-28(33)16-5-7-17(8-6-16)29-26(31)24-18-9-10-19(22-12-21(18)22)25(24)27(29)32/h3-11,18-19,21-22,24-25H,12-13H2,1-2H3/t18-,19-,21-,22+,24+,25+/m0/s1. The lowest BCUT2D eigenvalue weighted by atomic mass is 9.63.